The molecular weight excluding hydrogens is 402 g/mol. The fourth-order valence-corrected chi connectivity index (χ4v) is 2.28. The molecular formula is C23H39NO5S. The molecule has 0 saturated heterocycles. The summed E-state index contributed by atoms with van der Waals surface area (Å²) in [5.41, 5.74) is 1.32. The van der Waals surface area contributed by atoms with Crippen molar-refractivity contribution in [1.82, 2.24) is 5.32 Å². The number of rotatable bonds is 10. The molecule has 0 aromatic heterocycles. The number of benzene rings is 1. The summed E-state index contributed by atoms with van der Waals surface area (Å²) in [6.45, 7) is 7.90. The van der Waals surface area contributed by atoms with Gasteiger partial charge in [-0.05, 0) is 38.2 Å². The van der Waals surface area contributed by atoms with E-state index in [9.17, 15) is 14.4 Å². The third-order valence-electron chi connectivity index (χ3n) is 3.66. The smallest absolute Gasteiger partial charge is 0.322 e. The molecule has 1 aromatic carbocycles. The summed E-state index contributed by atoms with van der Waals surface area (Å²) < 4.78 is 5.03. The van der Waals surface area contributed by atoms with Crippen molar-refractivity contribution in [3.05, 3.63) is 35.9 Å². The minimum absolute atomic E-state index is 0.00660. The number of ether oxygens (including phenoxy) is 1. The van der Waals surface area contributed by atoms with Crippen LogP contribution in [0, 0.1) is 18.8 Å². The van der Waals surface area contributed by atoms with Crippen molar-refractivity contribution in [2.24, 2.45) is 11.8 Å². The molecule has 1 atom stereocenters. The topological polar surface area (TPSA) is 92.7 Å². The number of amides is 1. The second-order valence-corrected chi connectivity index (χ2v) is 8.10. The number of carbonyl (C=O) groups is 3. The van der Waals surface area contributed by atoms with Crippen LogP contribution in [-0.2, 0) is 19.1 Å². The lowest BCUT2D eigenvalue weighted by atomic mass is 9.93. The summed E-state index contributed by atoms with van der Waals surface area (Å²) in [6.07, 6.45) is 6.33. The van der Waals surface area contributed by atoms with Gasteiger partial charge in [0.1, 0.15) is 6.54 Å². The Labute approximate surface area is 186 Å². The van der Waals surface area contributed by atoms with Gasteiger partial charge in [0.15, 0.2) is 0 Å². The maximum atomic E-state index is 11.9. The van der Waals surface area contributed by atoms with Gasteiger partial charge in [-0.15, -0.1) is 0 Å². The Hall–Kier alpha value is -2.02. The summed E-state index contributed by atoms with van der Waals surface area (Å²) in [5, 5.41) is 10.9. The van der Waals surface area contributed by atoms with Gasteiger partial charge < -0.3 is 15.2 Å². The highest BCUT2D eigenvalue weighted by molar-refractivity contribution is 7.97. The van der Waals surface area contributed by atoms with Gasteiger partial charge in [-0.2, -0.15) is 11.8 Å². The Morgan fingerprint density at radius 2 is 1.70 bits per heavy atom. The Bertz CT molecular complexity index is 578. The van der Waals surface area contributed by atoms with E-state index in [-0.39, 0.29) is 12.3 Å². The highest BCUT2D eigenvalue weighted by atomic mass is 32.2. The normalized spacial score (nSPS) is 10.6. The van der Waals surface area contributed by atoms with Crippen LogP contribution < -0.4 is 5.32 Å². The molecule has 1 rings (SSSR count). The number of hydrogen-bond acceptors (Lipinski definition) is 5. The van der Waals surface area contributed by atoms with Gasteiger partial charge in [0, 0.05) is 5.92 Å². The number of thioether (sulfide) groups is 1. The van der Waals surface area contributed by atoms with Crippen molar-refractivity contribution in [3.63, 3.8) is 0 Å². The van der Waals surface area contributed by atoms with Crippen LogP contribution >= 0.6 is 11.8 Å². The first-order chi connectivity index (χ1) is 14.2. The zero-order chi connectivity index (χ0) is 23.4. The zero-order valence-corrected chi connectivity index (χ0v) is 20.1. The molecule has 0 fully saturated rings. The lowest BCUT2D eigenvalue weighted by Gasteiger charge is -2.17. The number of aryl methyl sites for hydroxylation is 1. The number of unbranched alkanes of at least 4 members (excludes halogenated alkanes) is 1. The zero-order valence-electron chi connectivity index (χ0n) is 19.3. The molecule has 1 unspecified atom stereocenters. The summed E-state index contributed by atoms with van der Waals surface area (Å²) >= 11 is 1.75. The lowest BCUT2D eigenvalue weighted by molar-refractivity contribution is -0.147. The van der Waals surface area contributed by atoms with Crippen LogP contribution in [0.25, 0.3) is 0 Å². The van der Waals surface area contributed by atoms with Crippen molar-refractivity contribution in [1.29, 1.82) is 0 Å². The number of nitrogens with one attached hydrogen (secondary N) is 1. The number of carboxylic acid groups (broad SMARTS) is 1. The molecule has 7 heteroatoms. The summed E-state index contributed by atoms with van der Waals surface area (Å²) in [5.74, 6) is -2.22. The molecule has 0 aliphatic carbocycles. The van der Waals surface area contributed by atoms with Gasteiger partial charge in [0.2, 0.25) is 5.91 Å². The molecule has 0 aliphatic rings. The molecule has 0 spiro atoms. The molecule has 1 aromatic rings. The number of esters is 1. The first-order valence-electron chi connectivity index (χ1n) is 10.2. The van der Waals surface area contributed by atoms with Crippen LogP contribution in [0.4, 0.5) is 0 Å². The minimum atomic E-state index is -1.10. The Balaban J connectivity index is 0. The van der Waals surface area contributed by atoms with Gasteiger partial charge in [-0.3, -0.25) is 14.4 Å². The van der Waals surface area contributed by atoms with Crippen LogP contribution in [0.3, 0.4) is 0 Å². The quantitative estimate of drug-likeness (QED) is 0.408. The van der Waals surface area contributed by atoms with Crippen molar-refractivity contribution in [2.75, 3.05) is 25.7 Å². The third-order valence-corrected chi connectivity index (χ3v) is 3.66. The average Bonchev–Trinajstić information content (AvgIpc) is 2.67. The molecule has 172 valence electrons. The highest BCUT2D eigenvalue weighted by Crippen LogP contribution is 2.16. The van der Waals surface area contributed by atoms with Crippen LogP contribution in [0.15, 0.2) is 30.3 Å². The predicted molar refractivity (Wildman–Crippen MR) is 125 cm³/mol. The fraction of sp³-hybridized carbons (Fsp3) is 0.609. The summed E-state index contributed by atoms with van der Waals surface area (Å²) in [4.78, 5) is 33.9. The number of carbonyl (C=O) groups excluding carboxylic acids is 2. The average molecular weight is 442 g/mol. The molecule has 0 aliphatic heterocycles. The third kappa shape index (κ3) is 20.7. The van der Waals surface area contributed by atoms with E-state index in [0.29, 0.717) is 13.0 Å². The van der Waals surface area contributed by atoms with Crippen LogP contribution in [0.2, 0.25) is 0 Å². The van der Waals surface area contributed by atoms with Gasteiger partial charge in [0.25, 0.3) is 0 Å². The Morgan fingerprint density at radius 1 is 1.13 bits per heavy atom. The molecule has 1 amide bonds. The predicted octanol–water partition coefficient (Wildman–Crippen LogP) is 4.56. The lowest BCUT2D eigenvalue weighted by Crippen LogP contribution is -2.36. The number of aliphatic carboxylic acids is 1. The van der Waals surface area contributed by atoms with Crippen molar-refractivity contribution < 1.29 is 24.2 Å². The fourth-order valence-electron chi connectivity index (χ4n) is 2.28. The maximum absolute atomic E-state index is 11.9. The van der Waals surface area contributed by atoms with E-state index in [1.165, 1.54) is 5.56 Å². The van der Waals surface area contributed by atoms with Gasteiger partial charge >= 0.3 is 11.9 Å². The Kier molecular flexibility index (Phi) is 20.4. The van der Waals surface area contributed by atoms with Gasteiger partial charge in [-0.25, -0.2) is 0 Å². The first kappa shape index (κ1) is 30.2. The number of hydrogen-bond donors (Lipinski definition) is 2. The highest BCUT2D eigenvalue weighted by Gasteiger charge is 2.24. The first-order valence-corrected chi connectivity index (χ1v) is 11.9. The minimum Gasteiger partial charge on any atom is -0.480 e. The molecule has 2 N–H and O–H groups in total. The van der Waals surface area contributed by atoms with Crippen molar-refractivity contribution in [2.45, 2.75) is 53.4 Å². The van der Waals surface area contributed by atoms with E-state index in [1.807, 2.05) is 51.5 Å². The van der Waals surface area contributed by atoms with E-state index in [0.717, 1.165) is 12.8 Å². The molecule has 0 heterocycles. The maximum Gasteiger partial charge on any atom is 0.322 e. The van der Waals surface area contributed by atoms with Crippen molar-refractivity contribution in [3.8, 4) is 0 Å². The van der Waals surface area contributed by atoms with Gasteiger partial charge in [0.05, 0.1) is 13.0 Å². The van der Waals surface area contributed by atoms with Crippen LogP contribution in [0.1, 0.15) is 52.0 Å². The Morgan fingerprint density at radius 3 is 2.10 bits per heavy atom. The SMILES string of the molecule is CCCCOC(=O)CC(CC(C)C)C(=O)NCC(=O)O.CSC.Cc1ccccc1. The molecule has 0 radical (unpaired) electrons. The summed E-state index contributed by atoms with van der Waals surface area (Å²) in [6, 6.07) is 10.3. The van der Waals surface area contributed by atoms with E-state index in [1.54, 1.807) is 11.8 Å². The largest absolute Gasteiger partial charge is 0.480 e. The monoisotopic (exact) mass is 441 g/mol. The molecule has 0 bridgehead atoms. The summed E-state index contributed by atoms with van der Waals surface area (Å²) in [7, 11) is 0. The van der Waals surface area contributed by atoms with Crippen LogP contribution in [0.5, 0.6) is 0 Å². The molecule has 6 nitrogen and oxygen atoms in total. The second-order valence-electron chi connectivity index (χ2n) is 7.28. The van der Waals surface area contributed by atoms with Gasteiger partial charge in [-0.1, -0.05) is 63.1 Å². The standard InChI is InChI=1S/C14H25NO5.C7H8.C2H6S/c1-4-5-6-20-13(18)8-11(7-10(2)3)14(19)15-9-12(16)17;1-7-5-3-2-4-6-7;1-3-2/h10-11H,4-9H2,1-3H3,(H,15,19)(H,16,17);2-6H,1H3;1-2H3. The molecule has 0 saturated carbocycles. The van der Waals surface area contributed by atoms with Crippen molar-refractivity contribution >= 4 is 29.6 Å². The van der Waals surface area contributed by atoms with E-state index in [2.05, 4.69) is 24.4 Å². The van der Waals surface area contributed by atoms with E-state index >= 15 is 0 Å². The molecule has 30 heavy (non-hydrogen) atoms. The van der Waals surface area contributed by atoms with E-state index in [4.69, 9.17) is 9.84 Å². The number of carboxylic acids is 1. The van der Waals surface area contributed by atoms with E-state index < -0.39 is 30.3 Å². The van der Waals surface area contributed by atoms with Crippen LogP contribution in [-0.4, -0.2) is 48.6 Å². The second kappa shape index (κ2) is 20.3.